The number of hydrogen-bond acceptors (Lipinski definition) is 5. The van der Waals surface area contributed by atoms with Gasteiger partial charge >= 0.3 is 5.97 Å². The summed E-state index contributed by atoms with van der Waals surface area (Å²) in [6.45, 7) is 4.79. The van der Waals surface area contributed by atoms with Crippen LogP contribution in [-0.2, 0) is 14.3 Å². The first kappa shape index (κ1) is 71.8. The Bertz CT molecular complexity index is 1240. The number of aliphatic hydroxyl groups is 2. The summed E-state index contributed by atoms with van der Waals surface area (Å²) in [5, 5.41) is 23.4. The summed E-state index contributed by atoms with van der Waals surface area (Å²) in [6, 6.07) is -0.548. The maximum absolute atomic E-state index is 12.5. The van der Waals surface area contributed by atoms with Gasteiger partial charge in [0, 0.05) is 12.8 Å². The number of carbonyl (C=O) groups excluding carboxylic acids is 2. The van der Waals surface area contributed by atoms with Gasteiger partial charge in [-0.1, -0.05) is 313 Å². The van der Waals surface area contributed by atoms with Gasteiger partial charge < -0.3 is 20.3 Å². The highest BCUT2D eigenvalue weighted by molar-refractivity contribution is 5.76. The van der Waals surface area contributed by atoms with Gasteiger partial charge in [-0.2, -0.15) is 0 Å². The van der Waals surface area contributed by atoms with E-state index in [0.29, 0.717) is 25.9 Å². The molecule has 0 aromatic carbocycles. The van der Waals surface area contributed by atoms with Crippen molar-refractivity contribution in [3.63, 3.8) is 0 Å². The molecule has 0 aliphatic rings. The van der Waals surface area contributed by atoms with E-state index in [1.165, 1.54) is 250 Å². The molecule has 0 aliphatic heterocycles. The molecule has 6 heteroatoms. The molecule has 0 aliphatic carbocycles. The Hall–Kier alpha value is -2.18. The monoisotopic (exact) mass is 1040 g/mol. The molecule has 74 heavy (non-hydrogen) atoms. The molecule has 3 N–H and O–H groups in total. The minimum atomic E-state index is -0.670. The van der Waals surface area contributed by atoms with Crippen LogP contribution in [0.2, 0.25) is 0 Å². The van der Waals surface area contributed by atoms with Gasteiger partial charge in [0.05, 0.1) is 25.4 Å². The summed E-state index contributed by atoms with van der Waals surface area (Å²) >= 11 is 0. The lowest BCUT2D eigenvalue weighted by Gasteiger charge is -2.22. The summed E-state index contributed by atoms with van der Waals surface area (Å²) in [5.74, 6) is -0.0874. The molecule has 0 rings (SSSR count). The number of amides is 1. The van der Waals surface area contributed by atoms with Crippen LogP contribution in [0.15, 0.2) is 48.6 Å². The highest BCUT2D eigenvalue weighted by Crippen LogP contribution is 2.18. The molecule has 0 saturated carbocycles. The van der Waals surface area contributed by atoms with E-state index in [9.17, 15) is 19.8 Å². The molecule has 0 bridgehead atoms. The van der Waals surface area contributed by atoms with E-state index < -0.39 is 12.1 Å². The van der Waals surface area contributed by atoms with Crippen LogP contribution >= 0.6 is 0 Å². The van der Waals surface area contributed by atoms with Crippen molar-refractivity contribution in [1.29, 1.82) is 0 Å². The number of esters is 1. The Kier molecular flexibility index (Phi) is 61.5. The van der Waals surface area contributed by atoms with Crippen LogP contribution in [0.3, 0.4) is 0 Å². The minimum absolute atomic E-state index is 0.0370. The topological polar surface area (TPSA) is 95.9 Å². The van der Waals surface area contributed by atoms with Crippen molar-refractivity contribution >= 4 is 11.9 Å². The lowest BCUT2D eigenvalue weighted by atomic mass is 10.0. The van der Waals surface area contributed by atoms with Gasteiger partial charge in [0.25, 0.3) is 0 Å². The largest absolute Gasteiger partial charge is 0.465 e. The van der Waals surface area contributed by atoms with Crippen molar-refractivity contribution in [3.05, 3.63) is 48.6 Å². The smallest absolute Gasteiger partial charge is 0.305 e. The van der Waals surface area contributed by atoms with E-state index in [1.807, 2.05) is 0 Å². The van der Waals surface area contributed by atoms with Gasteiger partial charge in [0.1, 0.15) is 0 Å². The van der Waals surface area contributed by atoms with Crippen LogP contribution in [0.1, 0.15) is 348 Å². The van der Waals surface area contributed by atoms with E-state index >= 15 is 0 Å². The number of unbranched alkanes of at least 4 members (excludes halogenated alkanes) is 42. The van der Waals surface area contributed by atoms with Gasteiger partial charge in [0.2, 0.25) is 5.91 Å². The van der Waals surface area contributed by atoms with Crippen molar-refractivity contribution < 1.29 is 24.5 Å². The molecule has 0 fully saturated rings. The minimum Gasteiger partial charge on any atom is -0.465 e. The van der Waals surface area contributed by atoms with Crippen molar-refractivity contribution in [1.82, 2.24) is 5.32 Å². The Morgan fingerprint density at radius 2 is 0.703 bits per heavy atom. The number of hydrogen-bond donors (Lipinski definition) is 3. The summed E-state index contributed by atoms with van der Waals surface area (Å²) in [7, 11) is 0. The Morgan fingerprint density at radius 1 is 0.378 bits per heavy atom. The second kappa shape index (κ2) is 63.4. The summed E-state index contributed by atoms with van der Waals surface area (Å²) in [6.07, 6.45) is 81.5. The maximum Gasteiger partial charge on any atom is 0.305 e. The van der Waals surface area contributed by atoms with Crippen molar-refractivity contribution in [2.75, 3.05) is 13.2 Å². The molecular weight excluding hydrogens is 911 g/mol. The average Bonchev–Trinajstić information content (AvgIpc) is 3.40. The second-order valence-corrected chi connectivity index (χ2v) is 22.4. The average molecular weight is 1040 g/mol. The lowest BCUT2D eigenvalue weighted by Crippen LogP contribution is -2.45. The normalized spacial score (nSPS) is 12.9. The molecule has 0 heterocycles. The zero-order valence-corrected chi connectivity index (χ0v) is 49.6. The molecule has 1 amide bonds. The molecule has 0 spiro atoms. The molecule has 0 aromatic rings. The quantitative estimate of drug-likeness (QED) is 0.0320. The van der Waals surface area contributed by atoms with Crippen LogP contribution < -0.4 is 5.32 Å². The molecular formula is C68H127NO5. The summed E-state index contributed by atoms with van der Waals surface area (Å²) in [4.78, 5) is 24.5. The number of carbonyl (C=O) groups is 2. The number of rotatable bonds is 61. The molecule has 0 saturated heterocycles. The third-order valence-electron chi connectivity index (χ3n) is 15.1. The van der Waals surface area contributed by atoms with Crippen molar-refractivity contribution in [2.45, 2.75) is 360 Å². The third kappa shape index (κ3) is 59.1. The number of ether oxygens (including phenoxy) is 1. The van der Waals surface area contributed by atoms with E-state index in [0.717, 1.165) is 64.2 Å². The zero-order valence-electron chi connectivity index (χ0n) is 49.6. The molecule has 2 atom stereocenters. The first-order chi connectivity index (χ1) is 36.5. The maximum atomic E-state index is 12.5. The van der Waals surface area contributed by atoms with E-state index in [-0.39, 0.29) is 18.5 Å². The van der Waals surface area contributed by atoms with Gasteiger partial charge in [-0.25, -0.2) is 0 Å². The molecule has 0 radical (unpaired) electrons. The second-order valence-electron chi connectivity index (χ2n) is 22.4. The zero-order chi connectivity index (χ0) is 53.6. The molecule has 0 aromatic heterocycles. The lowest BCUT2D eigenvalue weighted by molar-refractivity contribution is -0.143. The predicted molar refractivity (Wildman–Crippen MR) is 324 cm³/mol. The van der Waals surface area contributed by atoms with Gasteiger partial charge in [0.15, 0.2) is 0 Å². The Morgan fingerprint density at radius 3 is 1.08 bits per heavy atom. The number of allylic oxidation sites excluding steroid dienone is 7. The fourth-order valence-electron chi connectivity index (χ4n) is 10.1. The van der Waals surface area contributed by atoms with Crippen LogP contribution in [0.25, 0.3) is 0 Å². The highest BCUT2D eigenvalue weighted by Gasteiger charge is 2.20. The summed E-state index contributed by atoms with van der Waals surface area (Å²) in [5.41, 5.74) is 0. The SMILES string of the molecule is CCC/C=C\C/C=C\CCCCCCCC(=O)OCC/C=C\C/C=C\CCCCCCCCCCCCCCCCC(=O)NC(CO)C(O)CCCCCCCCCCCCCCCCCCCCCCCCC. The highest BCUT2D eigenvalue weighted by atomic mass is 16.5. The van der Waals surface area contributed by atoms with Gasteiger partial charge in [-0.05, 0) is 70.6 Å². The number of nitrogens with one attached hydrogen (secondary N) is 1. The van der Waals surface area contributed by atoms with E-state index in [4.69, 9.17) is 4.74 Å². The predicted octanol–water partition coefficient (Wildman–Crippen LogP) is 20.9. The van der Waals surface area contributed by atoms with Crippen molar-refractivity contribution in [2.24, 2.45) is 0 Å². The van der Waals surface area contributed by atoms with Crippen molar-refractivity contribution in [3.8, 4) is 0 Å². The van der Waals surface area contributed by atoms with Crippen LogP contribution in [0.5, 0.6) is 0 Å². The Labute approximate surface area is 461 Å². The first-order valence-corrected chi connectivity index (χ1v) is 32.9. The van der Waals surface area contributed by atoms with Crippen LogP contribution in [0, 0.1) is 0 Å². The molecule has 2 unspecified atom stereocenters. The van der Waals surface area contributed by atoms with E-state index in [2.05, 4.69) is 67.8 Å². The number of aliphatic hydroxyl groups excluding tert-OH is 2. The van der Waals surface area contributed by atoms with Gasteiger partial charge in [-0.3, -0.25) is 9.59 Å². The summed E-state index contributed by atoms with van der Waals surface area (Å²) < 4.78 is 5.40. The molecule has 434 valence electrons. The third-order valence-corrected chi connectivity index (χ3v) is 15.1. The van der Waals surface area contributed by atoms with Gasteiger partial charge in [-0.15, -0.1) is 0 Å². The van der Waals surface area contributed by atoms with Crippen LogP contribution in [0.4, 0.5) is 0 Å². The molecule has 6 nitrogen and oxygen atoms in total. The fourth-order valence-corrected chi connectivity index (χ4v) is 10.1. The van der Waals surface area contributed by atoms with E-state index in [1.54, 1.807) is 0 Å². The standard InChI is InChI=1S/C68H127NO5/c1-3-5-7-9-11-13-15-17-18-19-20-21-22-24-27-30-33-37-40-44-48-52-56-60-66(71)65(64-70)69-67(72)61-57-53-49-45-41-38-34-31-28-25-23-26-29-32-35-39-43-47-51-55-59-63-74-68(73)62-58-54-50-46-42-36-16-14-12-10-8-6-4-2/h8,10,14,16,39,43,51,55,65-66,70-71H,3-7,9,11-13,15,17-38,40-42,44-50,52-54,56-64H2,1-2H3,(H,69,72)/b10-8-,16-14-,43-39-,55-51-. The fraction of sp³-hybridized carbons (Fsp3) is 0.853. The first-order valence-electron chi connectivity index (χ1n) is 32.9. The van der Waals surface area contributed by atoms with Crippen LogP contribution in [-0.4, -0.2) is 47.4 Å². The Balaban J connectivity index is 3.46.